The maximum atomic E-state index is 12.1. The largest absolute Gasteiger partial charge is 0.320 e. The van der Waals surface area contributed by atoms with Gasteiger partial charge in [-0.05, 0) is 37.3 Å². The number of aromatic nitrogens is 1. The van der Waals surface area contributed by atoms with E-state index in [0.29, 0.717) is 11.6 Å². The standard InChI is InChI=1S/C18H25N3OS2/c1-4-5-13-6-8-14(9-7-13)16-12(2)24-18(20-16)21-17(22)15(19)10-11-23-3/h6-9,15H,4-5,10-11,19H2,1-3H3,(H,20,21,22). The Bertz CT molecular complexity index is 667. The lowest BCUT2D eigenvalue weighted by molar-refractivity contribution is -0.117. The molecule has 130 valence electrons. The van der Waals surface area contributed by atoms with Gasteiger partial charge in [0.2, 0.25) is 5.91 Å². The molecule has 1 aromatic heterocycles. The molecule has 0 saturated heterocycles. The van der Waals surface area contributed by atoms with E-state index in [0.717, 1.165) is 34.7 Å². The monoisotopic (exact) mass is 363 g/mol. The number of nitrogens with two attached hydrogens (primary N) is 1. The van der Waals surface area contributed by atoms with E-state index in [-0.39, 0.29) is 5.91 Å². The van der Waals surface area contributed by atoms with Crippen LogP contribution in [0.5, 0.6) is 0 Å². The first-order chi connectivity index (χ1) is 11.5. The smallest absolute Gasteiger partial charge is 0.243 e. The van der Waals surface area contributed by atoms with Crippen LogP contribution < -0.4 is 11.1 Å². The summed E-state index contributed by atoms with van der Waals surface area (Å²) in [4.78, 5) is 17.8. The van der Waals surface area contributed by atoms with Crippen LogP contribution in [0.1, 0.15) is 30.2 Å². The first-order valence-electron chi connectivity index (χ1n) is 8.17. The average molecular weight is 364 g/mol. The summed E-state index contributed by atoms with van der Waals surface area (Å²) in [6, 6.07) is 8.01. The molecule has 0 saturated carbocycles. The second-order valence-corrected chi connectivity index (χ2v) is 7.94. The number of thioether (sulfide) groups is 1. The van der Waals surface area contributed by atoms with Gasteiger partial charge in [-0.2, -0.15) is 11.8 Å². The summed E-state index contributed by atoms with van der Waals surface area (Å²) in [5.74, 6) is 0.712. The molecule has 0 spiro atoms. The summed E-state index contributed by atoms with van der Waals surface area (Å²) >= 11 is 3.18. The maximum Gasteiger partial charge on any atom is 0.243 e. The molecule has 2 aromatic rings. The number of anilines is 1. The third-order valence-electron chi connectivity index (χ3n) is 3.76. The topological polar surface area (TPSA) is 68.0 Å². The average Bonchev–Trinajstić information content (AvgIpc) is 2.94. The molecule has 1 atom stereocenters. The molecular weight excluding hydrogens is 338 g/mol. The molecule has 0 bridgehead atoms. The summed E-state index contributed by atoms with van der Waals surface area (Å²) in [6.45, 7) is 4.20. The molecule has 24 heavy (non-hydrogen) atoms. The molecule has 0 aliphatic heterocycles. The van der Waals surface area contributed by atoms with Crippen LogP contribution in [0, 0.1) is 6.92 Å². The normalized spacial score (nSPS) is 12.2. The van der Waals surface area contributed by atoms with E-state index in [2.05, 4.69) is 41.5 Å². The Balaban J connectivity index is 2.08. The third kappa shape index (κ3) is 5.06. The van der Waals surface area contributed by atoms with Gasteiger partial charge < -0.3 is 11.1 Å². The Morgan fingerprint density at radius 2 is 2.08 bits per heavy atom. The zero-order valence-electron chi connectivity index (χ0n) is 14.5. The number of thiazole rings is 1. The van der Waals surface area contributed by atoms with E-state index in [9.17, 15) is 4.79 Å². The molecule has 1 aromatic carbocycles. The molecule has 1 unspecified atom stereocenters. The zero-order chi connectivity index (χ0) is 17.5. The quantitative estimate of drug-likeness (QED) is 0.741. The van der Waals surface area contributed by atoms with Gasteiger partial charge in [0.25, 0.3) is 0 Å². The first-order valence-corrected chi connectivity index (χ1v) is 10.4. The van der Waals surface area contributed by atoms with E-state index in [4.69, 9.17) is 5.73 Å². The third-order valence-corrected chi connectivity index (χ3v) is 5.29. The lowest BCUT2D eigenvalue weighted by Gasteiger charge is -2.09. The Morgan fingerprint density at radius 3 is 2.71 bits per heavy atom. The Morgan fingerprint density at radius 1 is 1.38 bits per heavy atom. The first kappa shape index (κ1) is 19.0. The van der Waals surface area contributed by atoms with Crippen molar-refractivity contribution < 1.29 is 4.79 Å². The summed E-state index contributed by atoms with van der Waals surface area (Å²) in [5, 5.41) is 3.46. The fourth-order valence-electron chi connectivity index (χ4n) is 2.41. The number of nitrogens with zero attached hydrogens (tertiary/aromatic N) is 1. The number of benzene rings is 1. The van der Waals surface area contributed by atoms with Crippen LogP contribution in [0.25, 0.3) is 11.3 Å². The molecule has 0 fully saturated rings. The minimum absolute atomic E-state index is 0.164. The van der Waals surface area contributed by atoms with Crippen LogP contribution in [0.3, 0.4) is 0 Å². The van der Waals surface area contributed by atoms with E-state index >= 15 is 0 Å². The van der Waals surface area contributed by atoms with Crippen molar-refractivity contribution >= 4 is 34.1 Å². The van der Waals surface area contributed by atoms with Crippen molar-refractivity contribution in [3.63, 3.8) is 0 Å². The van der Waals surface area contributed by atoms with Crippen LogP contribution in [-0.4, -0.2) is 28.9 Å². The van der Waals surface area contributed by atoms with Crippen molar-refractivity contribution in [1.82, 2.24) is 4.98 Å². The molecule has 0 aliphatic carbocycles. The predicted octanol–water partition coefficient (Wildman–Crippen LogP) is 4.09. The fraction of sp³-hybridized carbons (Fsp3) is 0.444. The number of carbonyl (C=O) groups excluding carboxylic acids is 1. The number of aryl methyl sites for hydroxylation is 2. The number of nitrogens with one attached hydrogen (secondary N) is 1. The minimum atomic E-state index is -0.488. The van der Waals surface area contributed by atoms with E-state index in [1.807, 2.05) is 13.2 Å². The highest BCUT2D eigenvalue weighted by Gasteiger charge is 2.16. The van der Waals surface area contributed by atoms with Crippen molar-refractivity contribution in [2.24, 2.45) is 5.73 Å². The summed E-state index contributed by atoms with van der Waals surface area (Å²) < 4.78 is 0. The second-order valence-electron chi connectivity index (χ2n) is 5.75. The van der Waals surface area contributed by atoms with Gasteiger partial charge in [0.15, 0.2) is 5.13 Å². The molecular formula is C18H25N3OS2. The lowest BCUT2D eigenvalue weighted by Crippen LogP contribution is -2.36. The number of hydrogen-bond acceptors (Lipinski definition) is 5. The molecule has 4 nitrogen and oxygen atoms in total. The van der Waals surface area contributed by atoms with E-state index in [1.54, 1.807) is 11.8 Å². The van der Waals surface area contributed by atoms with Gasteiger partial charge in [0.05, 0.1) is 11.7 Å². The molecule has 0 radical (unpaired) electrons. The Kier molecular flexibility index (Phi) is 7.27. The molecule has 0 aliphatic rings. The van der Waals surface area contributed by atoms with Crippen LogP contribution >= 0.6 is 23.1 Å². The van der Waals surface area contributed by atoms with Crippen molar-refractivity contribution in [3.8, 4) is 11.3 Å². The molecule has 6 heteroatoms. The fourth-order valence-corrected chi connectivity index (χ4v) is 3.74. The summed E-state index contributed by atoms with van der Waals surface area (Å²) in [5.41, 5.74) is 9.25. The van der Waals surface area contributed by atoms with Crippen LogP contribution in [0.2, 0.25) is 0 Å². The van der Waals surface area contributed by atoms with Crippen LogP contribution in [0.4, 0.5) is 5.13 Å². The number of hydrogen-bond donors (Lipinski definition) is 2. The van der Waals surface area contributed by atoms with Gasteiger partial charge in [-0.15, -0.1) is 11.3 Å². The van der Waals surface area contributed by atoms with Crippen molar-refractivity contribution in [3.05, 3.63) is 34.7 Å². The molecule has 1 amide bonds. The van der Waals surface area contributed by atoms with Crippen LogP contribution in [0.15, 0.2) is 24.3 Å². The van der Waals surface area contributed by atoms with Gasteiger partial charge in [0.1, 0.15) is 0 Å². The summed E-state index contributed by atoms with van der Waals surface area (Å²) in [6.07, 6.45) is 4.91. The molecule has 1 heterocycles. The van der Waals surface area contributed by atoms with Crippen molar-refractivity contribution in [2.45, 2.75) is 39.2 Å². The van der Waals surface area contributed by atoms with Crippen molar-refractivity contribution in [1.29, 1.82) is 0 Å². The zero-order valence-corrected chi connectivity index (χ0v) is 16.1. The second kappa shape index (κ2) is 9.20. The SMILES string of the molecule is CCCc1ccc(-c2nc(NC(=O)C(N)CCSC)sc2C)cc1. The van der Waals surface area contributed by atoms with Gasteiger partial charge in [0, 0.05) is 10.4 Å². The number of amides is 1. The molecule has 3 N–H and O–H groups in total. The maximum absolute atomic E-state index is 12.1. The highest BCUT2D eigenvalue weighted by Crippen LogP contribution is 2.30. The van der Waals surface area contributed by atoms with Crippen LogP contribution in [-0.2, 0) is 11.2 Å². The minimum Gasteiger partial charge on any atom is -0.320 e. The van der Waals surface area contributed by atoms with Crippen molar-refractivity contribution in [2.75, 3.05) is 17.3 Å². The highest BCUT2D eigenvalue weighted by atomic mass is 32.2. The molecule has 2 rings (SSSR count). The van der Waals surface area contributed by atoms with E-state index in [1.165, 1.54) is 16.9 Å². The van der Waals surface area contributed by atoms with E-state index < -0.39 is 6.04 Å². The van der Waals surface area contributed by atoms with Gasteiger partial charge in [-0.25, -0.2) is 4.98 Å². The summed E-state index contributed by atoms with van der Waals surface area (Å²) in [7, 11) is 0. The van der Waals surface area contributed by atoms with Gasteiger partial charge in [-0.1, -0.05) is 37.6 Å². The Hall–Kier alpha value is -1.37. The number of rotatable bonds is 8. The highest BCUT2D eigenvalue weighted by molar-refractivity contribution is 7.98. The Labute approximate surface area is 152 Å². The van der Waals surface area contributed by atoms with Gasteiger partial charge >= 0.3 is 0 Å². The van der Waals surface area contributed by atoms with Gasteiger partial charge in [-0.3, -0.25) is 4.79 Å². The number of carbonyl (C=O) groups is 1. The lowest BCUT2D eigenvalue weighted by atomic mass is 10.1. The predicted molar refractivity (Wildman–Crippen MR) is 106 cm³/mol.